The van der Waals surface area contributed by atoms with Gasteiger partial charge in [-0.1, -0.05) is 152 Å². The summed E-state index contributed by atoms with van der Waals surface area (Å²) < 4.78 is 6.44. The Hall–Kier alpha value is -6.65. The van der Waals surface area contributed by atoms with E-state index in [-0.39, 0.29) is 0 Å². The van der Waals surface area contributed by atoms with Gasteiger partial charge in [-0.15, -0.1) is 0 Å². The summed E-state index contributed by atoms with van der Waals surface area (Å²) in [5, 5.41) is 2.03. The lowest BCUT2D eigenvalue weighted by Crippen LogP contribution is -2.00. The van der Waals surface area contributed by atoms with Crippen molar-refractivity contribution in [3.63, 3.8) is 0 Å². The van der Waals surface area contributed by atoms with E-state index in [0.29, 0.717) is 17.5 Å². The molecule has 0 amide bonds. The summed E-state index contributed by atoms with van der Waals surface area (Å²) in [7, 11) is 0. The van der Waals surface area contributed by atoms with Crippen molar-refractivity contribution >= 4 is 21.9 Å². The zero-order valence-corrected chi connectivity index (χ0v) is 26.5. The maximum atomic E-state index is 6.44. The molecule has 0 fully saturated rings. The molecule has 7 aromatic carbocycles. The van der Waals surface area contributed by atoms with E-state index in [1.54, 1.807) is 0 Å². The molecule has 0 aliphatic heterocycles. The van der Waals surface area contributed by atoms with Gasteiger partial charge in [0.15, 0.2) is 17.5 Å². The molecule has 0 bridgehead atoms. The van der Waals surface area contributed by atoms with Gasteiger partial charge in [0, 0.05) is 27.5 Å². The highest BCUT2D eigenvalue weighted by molar-refractivity contribution is 6.17. The van der Waals surface area contributed by atoms with Gasteiger partial charge in [0.1, 0.15) is 11.2 Å². The van der Waals surface area contributed by atoms with Crippen molar-refractivity contribution in [1.29, 1.82) is 0 Å². The maximum Gasteiger partial charge on any atom is 0.164 e. The van der Waals surface area contributed by atoms with Gasteiger partial charge >= 0.3 is 0 Å². The average Bonchev–Trinajstić information content (AvgIpc) is 3.58. The van der Waals surface area contributed by atoms with Crippen molar-refractivity contribution < 1.29 is 4.42 Å². The SMILES string of the molecule is c1ccc(-c2cccc(-c3cccc(-c4nc(-c5ccccc5)nc(-c5cccc6oc7cccc(-c8ccccc8)c7c56)n4)c3)c2)cc1. The Morgan fingerprint density at radius 2 is 0.694 bits per heavy atom. The minimum absolute atomic E-state index is 0.594. The first-order chi connectivity index (χ1) is 24.3. The van der Waals surface area contributed by atoms with Gasteiger partial charge in [0.05, 0.1) is 0 Å². The van der Waals surface area contributed by atoms with Crippen LogP contribution >= 0.6 is 0 Å². The lowest BCUT2D eigenvalue weighted by Gasteiger charge is -2.11. The molecule has 4 nitrogen and oxygen atoms in total. The number of benzene rings is 7. The highest BCUT2D eigenvalue weighted by Gasteiger charge is 2.20. The van der Waals surface area contributed by atoms with E-state index in [2.05, 4.69) is 109 Å². The molecule has 49 heavy (non-hydrogen) atoms. The summed E-state index contributed by atoms with van der Waals surface area (Å²) in [5.41, 5.74) is 11.2. The van der Waals surface area contributed by atoms with Gasteiger partial charge in [0.2, 0.25) is 0 Å². The second-order valence-corrected chi connectivity index (χ2v) is 12.0. The molecule has 2 aromatic heterocycles. The van der Waals surface area contributed by atoms with Crippen molar-refractivity contribution in [1.82, 2.24) is 15.0 Å². The van der Waals surface area contributed by atoms with E-state index in [1.165, 1.54) is 11.1 Å². The normalized spacial score (nSPS) is 11.3. The zero-order chi connectivity index (χ0) is 32.6. The lowest BCUT2D eigenvalue weighted by molar-refractivity contribution is 0.669. The van der Waals surface area contributed by atoms with Gasteiger partial charge in [-0.05, 0) is 57.6 Å². The molecule has 0 atom stereocenters. The van der Waals surface area contributed by atoms with Crippen LogP contribution < -0.4 is 0 Å². The standard InChI is InChI=1S/C45H29N3O/c1-4-14-30(15-5-1)33-20-10-21-34(28-33)35-22-11-23-36(29-35)44-46-43(32-18-8-3-9-19-32)47-45(48-44)38-25-13-27-40-42(38)41-37(24-12-26-39(41)49-40)31-16-6-2-7-17-31/h1-29H. The molecule has 0 spiro atoms. The molecule has 0 N–H and O–H groups in total. The zero-order valence-electron chi connectivity index (χ0n) is 26.5. The number of aromatic nitrogens is 3. The molecule has 9 aromatic rings. The molecular formula is C45H29N3O. The summed E-state index contributed by atoms with van der Waals surface area (Å²) >= 11 is 0. The molecule has 9 rings (SSSR count). The van der Waals surface area contributed by atoms with Crippen molar-refractivity contribution in [2.45, 2.75) is 0 Å². The van der Waals surface area contributed by atoms with Crippen molar-refractivity contribution in [3.8, 4) is 67.5 Å². The van der Waals surface area contributed by atoms with E-state index in [0.717, 1.165) is 60.9 Å². The van der Waals surface area contributed by atoms with Crippen LogP contribution in [0.4, 0.5) is 0 Å². The Morgan fingerprint density at radius 3 is 1.33 bits per heavy atom. The van der Waals surface area contributed by atoms with Crippen LogP contribution in [0, 0.1) is 0 Å². The van der Waals surface area contributed by atoms with Crippen LogP contribution in [0.1, 0.15) is 0 Å². The van der Waals surface area contributed by atoms with Gasteiger partial charge in [-0.3, -0.25) is 0 Å². The number of rotatable bonds is 6. The van der Waals surface area contributed by atoms with Gasteiger partial charge in [-0.2, -0.15) is 0 Å². The Kier molecular flexibility index (Phi) is 7.10. The third-order valence-corrected chi connectivity index (χ3v) is 8.94. The van der Waals surface area contributed by atoms with Gasteiger partial charge in [0.25, 0.3) is 0 Å². The minimum Gasteiger partial charge on any atom is -0.456 e. The Labute approximate surface area is 284 Å². The fourth-order valence-corrected chi connectivity index (χ4v) is 6.60. The van der Waals surface area contributed by atoms with Crippen molar-refractivity contribution in [2.24, 2.45) is 0 Å². The van der Waals surface area contributed by atoms with E-state index in [4.69, 9.17) is 19.4 Å². The number of hydrogen-bond donors (Lipinski definition) is 0. The van der Waals surface area contributed by atoms with Crippen LogP contribution in [0.3, 0.4) is 0 Å². The fourth-order valence-electron chi connectivity index (χ4n) is 6.60. The third-order valence-electron chi connectivity index (χ3n) is 8.94. The molecule has 0 aliphatic carbocycles. The van der Waals surface area contributed by atoms with E-state index in [9.17, 15) is 0 Å². The molecule has 0 aliphatic rings. The van der Waals surface area contributed by atoms with E-state index >= 15 is 0 Å². The second-order valence-electron chi connectivity index (χ2n) is 12.0. The van der Waals surface area contributed by atoms with Gasteiger partial charge < -0.3 is 4.42 Å². The summed E-state index contributed by atoms with van der Waals surface area (Å²) in [5.74, 6) is 1.82. The summed E-state index contributed by atoms with van der Waals surface area (Å²) in [6.45, 7) is 0. The topological polar surface area (TPSA) is 51.8 Å². The Bertz CT molecular complexity index is 2590. The first kappa shape index (κ1) is 28.6. The number of hydrogen-bond acceptors (Lipinski definition) is 4. The van der Waals surface area contributed by atoms with Crippen molar-refractivity contribution in [2.75, 3.05) is 0 Å². The molecule has 0 unspecified atom stereocenters. The molecular weight excluding hydrogens is 599 g/mol. The highest BCUT2D eigenvalue weighted by atomic mass is 16.3. The molecule has 0 radical (unpaired) electrons. The molecule has 0 saturated heterocycles. The predicted molar refractivity (Wildman–Crippen MR) is 200 cm³/mol. The van der Waals surface area contributed by atoms with Crippen molar-refractivity contribution in [3.05, 3.63) is 176 Å². The number of nitrogens with zero attached hydrogens (tertiary/aromatic N) is 3. The van der Waals surface area contributed by atoms with Crippen LogP contribution in [0.25, 0.3) is 89.5 Å². The largest absolute Gasteiger partial charge is 0.456 e. The fraction of sp³-hybridized carbons (Fsp3) is 0. The Morgan fingerprint density at radius 1 is 0.286 bits per heavy atom. The first-order valence-corrected chi connectivity index (χ1v) is 16.4. The molecule has 2 heterocycles. The second kappa shape index (κ2) is 12.2. The summed E-state index contributed by atoms with van der Waals surface area (Å²) in [4.78, 5) is 15.3. The number of fused-ring (bicyclic) bond motifs is 3. The monoisotopic (exact) mass is 627 g/mol. The van der Waals surface area contributed by atoms with Crippen LogP contribution in [-0.4, -0.2) is 15.0 Å². The lowest BCUT2D eigenvalue weighted by atomic mass is 9.97. The highest BCUT2D eigenvalue weighted by Crippen LogP contribution is 2.41. The molecule has 4 heteroatoms. The van der Waals surface area contributed by atoms with Gasteiger partial charge in [-0.25, -0.2) is 15.0 Å². The summed E-state index contributed by atoms with van der Waals surface area (Å²) in [6, 6.07) is 60.4. The quantitative estimate of drug-likeness (QED) is 0.184. The average molecular weight is 628 g/mol. The minimum atomic E-state index is 0.594. The van der Waals surface area contributed by atoms with E-state index in [1.807, 2.05) is 66.7 Å². The van der Waals surface area contributed by atoms with Crippen LogP contribution in [0.5, 0.6) is 0 Å². The maximum absolute atomic E-state index is 6.44. The first-order valence-electron chi connectivity index (χ1n) is 16.4. The third kappa shape index (κ3) is 5.35. The van der Waals surface area contributed by atoms with E-state index < -0.39 is 0 Å². The molecule has 0 saturated carbocycles. The van der Waals surface area contributed by atoms with Crippen LogP contribution in [-0.2, 0) is 0 Å². The van der Waals surface area contributed by atoms with Crippen LogP contribution in [0.15, 0.2) is 180 Å². The van der Waals surface area contributed by atoms with Crippen LogP contribution in [0.2, 0.25) is 0 Å². The number of furan rings is 1. The smallest absolute Gasteiger partial charge is 0.164 e. The predicted octanol–water partition coefficient (Wildman–Crippen LogP) is 11.8. The summed E-state index contributed by atoms with van der Waals surface area (Å²) in [6.07, 6.45) is 0. The Balaban J connectivity index is 1.23. The molecule has 230 valence electrons.